The largest absolute Gasteiger partial charge is 0.486 e. The highest BCUT2D eigenvalue weighted by Gasteiger charge is 2.26. The molecule has 1 amide bonds. The van der Waals surface area contributed by atoms with Gasteiger partial charge in [0.1, 0.15) is 23.1 Å². The first kappa shape index (κ1) is 23.3. The van der Waals surface area contributed by atoms with Crippen molar-refractivity contribution in [2.45, 2.75) is 41.2 Å². The Hall–Kier alpha value is -3.39. The van der Waals surface area contributed by atoms with Crippen LogP contribution in [0.25, 0.3) is 0 Å². The van der Waals surface area contributed by atoms with E-state index in [2.05, 4.69) is 5.32 Å². The van der Waals surface area contributed by atoms with Gasteiger partial charge in [-0.3, -0.25) is 9.59 Å². The van der Waals surface area contributed by atoms with Crippen molar-refractivity contribution >= 4 is 34.0 Å². The predicted molar refractivity (Wildman–Crippen MR) is 122 cm³/mol. The highest BCUT2D eigenvalue weighted by atomic mass is 32.1. The summed E-state index contributed by atoms with van der Waals surface area (Å²) in [6, 6.07) is 8.98. The minimum Gasteiger partial charge on any atom is -0.486 e. The number of nitrogens with one attached hydrogen (secondary N) is 1. The van der Waals surface area contributed by atoms with Crippen LogP contribution >= 0.6 is 11.3 Å². The first-order valence-electron chi connectivity index (χ1n) is 10.1. The number of furan rings is 1. The number of Topliss-reactive ketones (excluding diaryl/α,β-unsaturated/α-hetero) is 1. The Kier molecular flexibility index (Phi) is 7.15. The molecule has 0 bridgehead atoms. The van der Waals surface area contributed by atoms with Crippen LogP contribution in [-0.2, 0) is 11.3 Å². The molecule has 0 saturated heterocycles. The minimum absolute atomic E-state index is 0.0638. The highest BCUT2D eigenvalue weighted by molar-refractivity contribution is 7.18. The number of anilines is 1. The van der Waals surface area contributed by atoms with Crippen molar-refractivity contribution in [1.82, 2.24) is 0 Å². The Balaban J connectivity index is 1.74. The molecule has 168 valence electrons. The van der Waals surface area contributed by atoms with Crippen LogP contribution < -0.4 is 10.1 Å². The zero-order valence-electron chi connectivity index (χ0n) is 18.7. The van der Waals surface area contributed by atoms with Gasteiger partial charge in [-0.2, -0.15) is 0 Å². The lowest BCUT2D eigenvalue weighted by molar-refractivity contribution is 0.0527. The summed E-state index contributed by atoms with van der Waals surface area (Å²) in [5, 5.41) is 2.93. The molecule has 0 aliphatic rings. The van der Waals surface area contributed by atoms with E-state index >= 15 is 0 Å². The smallest absolute Gasteiger partial charge is 0.341 e. The van der Waals surface area contributed by atoms with E-state index in [1.165, 1.54) is 18.6 Å². The SMILES string of the molecule is CCOC(=O)c1c(NC(=O)c2ccc(COc3ccc(C)c(C)c3)o2)sc(C(C)=O)c1C. The Morgan fingerprint density at radius 3 is 2.47 bits per heavy atom. The van der Waals surface area contributed by atoms with Gasteiger partial charge in [0.2, 0.25) is 0 Å². The van der Waals surface area contributed by atoms with Gasteiger partial charge in [-0.25, -0.2) is 4.79 Å². The van der Waals surface area contributed by atoms with E-state index in [0.29, 0.717) is 22.0 Å². The zero-order chi connectivity index (χ0) is 23.4. The van der Waals surface area contributed by atoms with Crippen LogP contribution in [0, 0.1) is 20.8 Å². The Bertz CT molecular complexity index is 1170. The Labute approximate surface area is 190 Å². The summed E-state index contributed by atoms with van der Waals surface area (Å²) in [6.07, 6.45) is 0. The quantitative estimate of drug-likeness (QED) is 0.357. The fourth-order valence-corrected chi connectivity index (χ4v) is 4.17. The average molecular weight is 456 g/mol. The molecule has 3 rings (SSSR count). The molecule has 1 N–H and O–H groups in total. The number of ether oxygens (including phenoxy) is 2. The maximum Gasteiger partial charge on any atom is 0.341 e. The molecular formula is C24H25NO6S. The van der Waals surface area contributed by atoms with Crippen LogP contribution in [-0.4, -0.2) is 24.3 Å². The second kappa shape index (κ2) is 9.82. The van der Waals surface area contributed by atoms with Gasteiger partial charge in [-0.1, -0.05) is 6.07 Å². The van der Waals surface area contributed by atoms with E-state index in [1.54, 1.807) is 19.9 Å². The molecule has 8 heteroatoms. The molecule has 0 saturated carbocycles. The van der Waals surface area contributed by atoms with Crippen LogP contribution in [0.15, 0.2) is 34.7 Å². The lowest BCUT2D eigenvalue weighted by atomic mass is 10.1. The Morgan fingerprint density at radius 1 is 1.06 bits per heavy atom. The number of amides is 1. The van der Waals surface area contributed by atoms with Crippen molar-refractivity contribution in [3.8, 4) is 5.75 Å². The Morgan fingerprint density at radius 2 is 1.81 bits per heavy atom. The van der Waals surface area contributed by atoms with Crippen molar-refractivity contribution in [1.29, 1.82) is 0 Å². The van der Waals surface area contributed by atoms with Gasteiger partial charge in [-0.05, 0) is 75.6 Å². The summed E-state index contributed by atoms with van der Waals surface area (Å²) in [7, 11) is 0. The predicted octanol–water partition coefficient (Wildman–Crippen LogP) is 5.48. The maximum atomic E-state index is 12.7. The molecule has 0 spiro atoms. The van der Waals surface area contributed by atoms with E-state index in [0.717, 1.165) is 16.9 Å². The molecule has 0 aliphatic carbocycles. The molecule has 0 radical (unpaired) electrons. The lowest BCUT2D eigenvalue weighted by Crippen LogP contribution is -2.14. The number of carbonyl (C=O) groups excluding carboxylic acids is 3. The van der Waals surface area contributed by atoms with E-state index in [9.17, 15) is 14.4 Å². The summed E-state index contributed by atoms with van der Waals surface area (Å²) in [4.78, 5) is 37.4. The molecule has 0 aliphatic heterocycles. The summed E-state index contributed by atoms with van der Waals surface area (Å²) in [6.45, 7) is 9.13. The third-order valence-corrected chi connectivity index (χ3v) is 6.23. The van der Waals surface area contributed by atoms with Crippen molar-refractivity contribution in [3.05, 3.63) is 69.0 Å². The molecular weight excluding hydrogens is 430 g/mol. The fourth-order valence-electron chi connectivity index (χ4n) is 3.09. The van der Waals surface area contributed by atoms with E-state index in [4.69, 9.17) is 13.9 Å². The van der Waals surface area contributed by atoms with Crippen molar-refractivity contribution in [3.63, 3.8) is 0 Å². The number of aryl methyl sites for hydroxylation is 2. The van der Waals surface area contributed by atoms with Gasteiger partial charge in [0, 0.05) is 0 Å². The molecule has 0 unspecified atom stereocenters. The molecule has 32 heavy (non-hydrogen) atoms. The number of esters is 1. The topological polar surface area (TPSA) is 94.8 Å². The van der Waals surface area contributed by atoms with E-state index in [-0.39, 0.29) is 35.3 Å². The number of benzene rings is 1. The summed E-state index contributed by atoms with van der Waals surface area (Å²) < 4.78 is 16.4. The fraction of sp³-hybridized carbons (Fsp3) is 0.292. The molecule has 7 nitrogen and oxygen atoms in total. The van der Waals surface area contributed by atoms with Gasteiger partial charge in [0.05, 0.1) is 17.0 Å². The standard InChI is InChI=1S/C24H25NO6S/c1-6-29-24(28)20-15(4)21(16(5)26)32-23(20)25-22(27)19-10-9-18(31-19)12-30-17-8-7-13(2)14(3)11-17/h7-11H,6,12H2,1-5H3,(H,25,27). The van der Waals surface area contributed by atoms with Crippen molar-refractivity contribution in [2.75, 3.05) is 11.9 Å². The zero-order valence-corrected chi connectivity index (χ0v) is 19.5. The van der Waals surface area contributed by atoms with E-state index < -0.39 is 11.9 Å². The van der Waals surface area contributed by atoms with Gasteiger partial charge < -0.3 is 19.2 Å². The normalized spacial score (nSPS) is 10.7. The number of rotatable bonds is 8. The molecule has 2 heterocycles. The number of hydrogen-bond acceptors (Lipinski definition) is 7. The van der Waals surface area contributed by atoms with Crippen LogP contribution in [0.1, 0.15) is 66.9 Å². The number of thiophene rings is 1. The van der Waals surface area contributed by atoms with Crippen LogP contribution in [0.5, 0.6) is 5.75 Å². The molecule has 0 atom stereocenters. The second-order valence-corrected chi connectivity index (χ2v) is 8.31. The van der Waals surface area contributed by atoms with Crippen LogP contribution in [0.3, 0.4) is 0 Å². The first-order valence-corrected chi connectivity index (χ1v) is 10.9. The monoisotopic (exact) mass is 455 g/mol. The minimum atomic E-state index is -0.592. The third-order valence-electron chi connectivity index (χ3n) is 4.92. The second-order valence-electron chi connectivity index (χ2n) is 7.29. The van der Waals surface area contributed by atoms with Crippen molar-refractivity contribution in [2.24, 2.45) is 0 Å². The van der Waals surface area contributed by atoms with Gasteiger partial charge in [-0.15, -0.1) is 11.3 Å². The number of ketones is 1. The molecule has 2 aromatic heterocycles. The third kappa shape index (κ3) is 5.08. The lowest BCUT2D eigenvalue weighted by Gasteiger charge is -2.07. The molecule has 3 aromatic rings. The summed E-state index contributed by atoms with van der Waals surface area (Å²) in [5.74, 6) is -0.0715. The van der Waals surface area contributed by atoms with Crippen molar-refractivity contribution < 1.29 is 28.3 Å². The van der Waals surface area contributed by atoms with Crippen LogP contribution in [0.4, 0.5) is 5.00 Å². The van der Waals surface area contributed by atoms with Gasteiger partial charge in [0.15, 0.2) is 11.5 Å². The molecule has 0 fully saturated rings. The summed E-state index contributed by atoms with van der Waals surface area (Å²) >= 11 is 1.04. The van der Waals surface area contributed by atoms with Gasteiger partial charge >= 0.3 is 5.97 Å². The summed E-state index contributed by atoms with van der Waals surface area (Å²) in [5.41, 5.74) is 2.96. The average Bonchev–Trinajstić information content (AvgIpc) is 3.34. The maximum absolute atomic E-state index is 12.7. The number of carbonyl (C=O) groups is 3. The number of hydrogen-bond donors (Lipinski definition) is 1. The molecule has 1 aromatic carbocycles. The van der Waals surface area contributed by atoms with E-state index in [1.807, 2.05) is 32.0 Å². The first-order chi connectivity index (χ1) is 15.2. The highest BCUT2D eigenvalue weighted by Crippen LogP contribution is 2.34. The van der Waals surface area contributed by atoms with Gasteiger partial charge in [0.25, 0.3) is 5.91 Å². The van der Waals surface area contributed by atoms with Crippen LogP contribution in [0.2, 0.25) is 0 Å².